The van der Waals surface area contributed by atoms with E-state index in [1.54, 1.807) is 18.5 Å². The summed E-state index contributed by atoms with van der Waals surface area (Å²) in [5, 5.41) is 9.79. The maximum Gasteiger partial charge on any atom is 0.125 e. The summed E-state index contributed by atoms with van der Waals surface area (Å²) < 4.78 is 12.8. The third-order valence-electron chi connectivity index (χ3n) is 2.40. The zero-order valence-corrected chi connectivity index (χ0v) is 8.87. The van der Waals surface area contributed by atoms with E-state index in [0.717, 1.165) is 11.3 Å². The zero-order valence-electron chi connectivity index (χ0n) is 8.87. The van der Waals surface area contributed by atoms with E-state index in [2.05, 4.69) is 15.5 Å². The van der Waals surface area contributed by atoms with Crippen molar-refractivity contribution in [2.75, 3.05) is 11.1 Å². The first-order valence-electron chi connectivity index (χ1n) is 4.97. The summed E-state index contributed by atoms with van der Waals surface area (Å²) in [6.45, 7) is 1.98. The third kappa shape index (κ3) is 2.13. The molecule has 4 N–H and O–H groups in total. The molecule has 0 aliphatic carbocycles. The molecule has 0 saturated heterocycles. The Morgan fingerprint density at radius 2 is 2.31 bits per heavy atom. The highest BCUT2D eigenvalue weighted by molar-refractivity contribution is 5.66. The zero-order chi connectivity index (χ0) is 11.5. The normalized spacial score (nSPS) is 12.4. The van der Waals surface area contributed by atoms with Crippen LogP contribution >= 0.6 is 0 Å². The van der Waals surface area contributed by atoms with Crippen LogP contribution in [0.1, 0.15) is 18.5 Å². The topological polar surface area (TPSA) is 66.7 Å². The maximum atomic E-state index is 12.8. The Hall–Kier alpha value is -2.04. The summed E-state index contributed by atoms with van der Waals surface area (Å²) in [5.41, 5.74) is 7.83. The Bertz CT molecular complexity index is 467. The van der Waals surface area contributed by atoms with Crippen molar-refractivity contribution in [3.05, 3.63) is 42.0 Å². The number of hydrogen-bond donors (Lipinski definition) is 3. The number of aromatic amines is 1. The van der Waals surface area contributed by atoms with Crippen LogP contribution in [0.15, 0.2) is 30.6 Å². The Balaban J connectivity index is 2.15. The molecule has 1 aromatic carbocycles. The first-order valence-corrected chi connectivity index (χ1v) is 4.97. The van der Waals surface area contributed by atoms with Crippen LogP contribution in [0.2, 0.25) is 0 Å². The number of nitrogens with one attached hydrogen (secondary N) is 2. The van der Waals surface area contributed by atoms with Crippen LogP contribution in [-0.4, -0.2) is 10.2 Å². The molecule has 0 saturated carbocycles. The van der Waals surface area contributed by atoms with E-state index in [-0.39, 0.29) is 11.9 Å². The summed E-state index contributed by atoms with van der Waals surface area (Å²) in [6, 6.07) is 4.36. The predicted molar refractivity (Wildman–Crippen MR) is 61.4 cm³/mol. The summed E-state index contributed by atoms with van der Waals surface area (Å²) >= 11 is 0. The molecule has 2 aromatic rings. The van der Waals surface area contributed by atoms with Gasteiger partial charge in [0.05, 0.1) is 23.6 Å². The fourth-order valence-electron chi connectivity index (χ4n) is 1.48. The average molecular weight is 220 g/mol. The number of rotatable bonds is 3. The molecule has 0 aliphatic heterocycles. The summed E-state index contributed by atoms with van der Waals surface area (Å²) in [6.07, 6.45) is 3.54. The number of aromatic nitrogens is 2. The summed E-state index contributed by atoms with van der Waals surface area (Å²) in [4.78, 5) is 0. The molecule has 0 spiro atoms. The third-order valence-corrected chi connectivity index (χ3v) is 2.40. The molecule has 5 heteroatoms. The van der Waals surface area contributed by atoms with Gasteiger partial charge in [-0.2, -0.15) is 5.10 Å². The lowest BCUT2D eigenvalue weighted by molar-refractivity contribution is 0.628. The molecule has 1 unspecified atom stereocenters. The SMILES string of the molecule is CC(Nc1ccc(F)cc1N)c1cn[nH]c1. The number of hydrogen-bond acceptors (Lipinski definition) is 3. The van der Waals surface area contributed by atoms with E-state index in [0.29, 0.717) is 5.69 Å². The second-order valence-corrected chi connectivity index (χ2v) is 3.63. The molecule has 1 aromatic heterocycles. The van der Waals surface area contributed by atoms with Crippen LogP contribution in [0.4, 0.5) is 15.8 Å². The predicted octanol–water partition coefficient (Wildman–Crippen LogP) is 2.30. The molecule has 2 rings (SSSR count). The van der Waals surface area contributed by atoms with Gasteiger partial charge in [-0.05, 0) is 25.1 Å². The number of H-pyrrole nitrogens is 1. The molecule has 0 aliphatic rings. The van der Waals surface area contributed by atoms with Gasteiger partial charge in [-0.25, -0.2) is 4.39 Å². The van der Waals surface area contributed by atoms with E-state index in [4.69, 9.17) is 5.73 Å². The number of nitrogens with zero attached hydrogens (tertiary/aromatic N) is 1. The molecule has 16 heavy (non-hydrogen) atoms. The minimum atomic E-state index is -0.334. The smallest absolute Gasteiger partial charge is 0.125 e. The van der Waals surface area contributed by atoms with Crippen molar-refractivity contribution in [3.63, 3.8) is 0 Å². The molecule has 0 bridgehead atoms. The van der Waals surface area contributed by atoms with Gasteiger partial charge in [0.15, 0.2) is 0 Å². The average Bonchev–Trinajstić information content (AvgIpc) is 2.75. The number of nitrogen functional groups attached to an aromatic ring is 1. The van der Waals surface area contributed by atoms with Crippen molar-refractivity contribution in [1.82, 2.24) is 10.2 Å². The minimum absolute atomic E-state index is 0.0616. The number of anilines is 2. The van der Waals surface area contributed by atoms with Crippen LogP contribution in [0.3, 0.4) is 0 Å². The van der Waals surface area contributed by atoms with Gasteiger partial charge in [-0.1, -0.05) is 0 Å². The van der Waals surface area contributed by atoms with E-state index in [1.165, 1.54) is 12.1 Å². The monoisotopic (exact) mass is 220 g/mol. The molecule has 1 heterocycles. The van der Waals surface area contributed by atoms with Crippen molar-refractivity contribution in [1.29, 1.82) is 0 Å². The minimum Gasteiger partial charge on any atom is -0.397 e. The van der Waals surface area contributed by atoms with Crippen LogP contribution < -0.4 is 11.1 Å². The molecule has 0 amide bonds. The van der Waals surface area contributed by atoms with Crippen molar-refractivity contribution < 1.29 is 4.39 Å². The molecule has 0 fully saturated rings. The van der Waals surface area contributed by atoms with Gasteiger partial charge in [0.25, 0.3) is 0 Å². The van der Waals surface area contributed by atoms with Gasteiger partial charge in [0.1, 0.15) is 5.82 Å². The maximum absolute atomic E-state index is 12.8. The first-order chi connectivity index (χ1) is 7.66. The van der Waals surface area contributed by atoms with Gasteiger partial charge >= 0.3 is 0 Å². The Labute approximate surface area is 92.7 Å². The molecule has 84 valence electrons. The van der Waals surface area contributed by atoms with Gasteiger partial charge < -0.3 is 11.1 Å². The Kier molecular flexibility index (Phi) is 2.76. The largest absolute Gasteiger partial charge is 0.397 e. The highest BCUT2D eigenvalue weighted by Gasteiger charge is 2.08. The first kappa shape index (κ1) is 10.5. The van der Waals surface area contributed by atoms with Crippen molar-refractivity contribution in [2.45, 2.75) is 13.0 Å². The highest BCUT2D eigenvalue weighted by atomic mass is 19.1. The molecule has 1 atom stereocenters. The van der Waals surface area contributed by atoms with Gasteiger partial charge in [0.2, 0.25) is 0 Å². The van der Waals surface area contributed by atoms with Crippen LogP contribution in [0.5, 0.6) is 0 Å². The summed E-state index contributed by atoms with van der Waals surface area (Å²) in [7, 11) is 0. The van der Waals surface area contributed by atoms with Crippen LogP contribution in [-0.2, 0) is 0 Å². The molecular formula is C11H13FN4. The lowest BCUT2D eigenvalue weighted by Gasteiger charge is -2.15. The van der Waals surface area contributed by atoms with Crippen LogP contribution in [0.25, 0.3) is 0 Å². The molecule has 4 nitrogen and oxygen atoms in total. The Morgan fingerprint density at radius 3 is 2.94 bits per heavy atom. The second-order valence-electron chi connectivity index (χ2n) is 3.63. The fraction of sp³-hybridized carbons (Fsp3) is 0.182. The van der Waals surface area contributed by atoms with E-state index >= 15 is 0 Å². The second kappa shape index (κ2) is 4.22. The van der Waals surface area contributed by atoms with Gasteiger partial charge in [-0.15, -0.1) is 0 Å². The molecular weight excluding hydrogens is 207 g/mol. The van der Waals surface area contributed by atoms with Crippen LogP contribution in [0, 0.1) is 5.82 Å². The van der Waals surface area contributed by atoms with E-state index in [1.807, 2.05) is 6.92 Å². The molecule has 0 radical (unpaired) electrons. The van der Waals surface area contributed by atoms with Crippen molar-refractivity contribution >= 4 is 11.4 Å². The lowest BCUT2D eigenvalue weighted by atomic mass is 10.1. The summed E-state index contributed by atoms with van der Waals surface area (Å²) in [5.74, 6) is -0.334. The highest BCUT2D eigenvalue weighted by Crippen LogP contribution is 2.24. The lowest BCUT2D eigenvalue weighted by Crippen LogP contribution is -2.07. The Morgan fingerprint density at radius 1 is 1.50 bits per heavy atom. The number of nitrogens with two attached hydrogens (primary N) is 1. The van der Waals surface area contributed by atoms with Gasteiger partial charge in [0, 0.05) is 11.8 Å². The van der Waals surface area contributed by atoms with Crippen molar-refractivity contribution in [2.24, 2.45) is 0 Å². The number of halogens is 1. The number of benzene rings is 1. The van der Waals surface area contributed by atoms with E-state index < -0.39 is 0 Å². The fourth-order valence-corrected chi connectivity index (χ4v) is 1.48. The van der Waals surface area contributed by atoms with Crippen molar-refractivity contribution in [3.8, 4) is 0 Å². The van der Waals surface area contributed by atoms with Gasteiger partial charge in [-0.3, -0.25) is 5.10 Å². The standard InChI is InChI=1S/C11H13FN4/c1-7(8-5-14-15-6-8)16-11-3-2-9(12)4-10(11)13/h2-7,16H,13H2,1H3,(H,14,15). The quantitative estimate of drug-likeness (QED) is 0.695. The van der Waals surface area contributed by atoms with E-state index in [9.17, 15) is 4.39 Å².